The van der Waals surface area contributed by atoms with Gasteiger partial charge in [0.15, 0.2) is 11.5 Å². The van der Waals surface area contributed by atoms with Gasteiger partial charge in [-0.3, -0.25) is 0 Å². The number of alkyl halides is 3. The van der Waals surface area contributed by atoms with Crippen LogP contribution in [-0.2, 0) is 12.6 Å². The lowest BCUT2D eigenvalue weighted by Crippen LogP contribution is -2.05. The van der Waals surface area contributed by atoms with Crippen molar-refractivity contribution in [2.24, 2.45) is 0 Å². The number of fused-ring (bicyclic) bond motifs is 1. The maximum atomic E-state index is 12.7. The summed E-state index contributed by atoms with van der Waals surface area (Å²) in [6, 6.07) is 8.53. The molecule has 0 aliphatic heterocycles. The van der Waals surface area contributed by atoms with Crippen LogP contribution in [0.1, 0.15) is 17.0 Å². The van der Waals surface area contributed by atoms with E-state index in [1.807, 2.05) is 0 Å². The van der Waals surface area contributed by atoms with E-state index in [0.29, 0.717) is 22.1 Å². The number of pyridine rings is 1. The van der Waals surface area contributed by atoms with E-state index in [1.54, 1.807) is 24.4 Å². The monoisotopic (exact) mass is 311 g/mol. The van der Waals surface area contributed by atoms with Crippen molar-refractivity contribution < 1.29 is 13.2 Å². The smallest absolute Gasteiger partial charge is 0.219 e. The lowest BCUT2D eigenvalue weighted by Gasteiger charge is -2.07. The zero-order valence-corrected chi connectivity index (χ0v) is 11.4. The Hall–Kier alpha value is -2.08. The molecular weight excluding hydrogens is 303 g/mol. The molecule has 0 bridgehead atoms. The van der Waals surface area contributed by atoms with Crippen molar-refractivity contribution in [3.63, 3.8) is 0 Å². The molecule has 2 heterocycles. The Morgan fingerprint density at radius 1 is 1.14 bits per heavy atom. The minimum atomic E-state index is -4.36. The van der Waals surface area contributed by atoms with Gasteiger partial charge >= 0.3 is 6.18 Å². The molecule has 0 aliphatic rings. The normalized spacial score (nSPS) is 12.0. The number of hydrogen-bond acceptors (Lipinski definition) is 2. The number of halogens is 4. The SMILES string of the molecule is FC(F)(F)c1cccc(Cc2nc3c(Cl)cccn3n2)c1. The highest BCUT2D eigenvalue weighted by atomic mass is 35.5. The minimum Gasteiger partial charge on any atom is -0.219 e. The summed E-state index contributed by atoms with van der Waals surface area (Å²) in [5.41, 5.74) is 0.305. The molecule has 108 valence electrons. The molecule has 2 aromatic heterocycles. The number of rotatable bonds is 2. The predicted octanol–water partition coefficient (Wildman–Crippen LogP) is 3.99. The molecule has 21 heavy (non-hydrogen) atoms. The van der Waals surface area contributed by atoms with E-state index in [1.165, 1.54) is 10.6 Å². The molecule has 0 spiro atoms. The number of hydrogen-bond donors (Lipinski definition) is 0. The van der Waals surface area contributed by atoms with Crippen LogP contribution in [0.2, 0.25) is 5.02 Å². The van der Waals surface area contributed by atoms with Gasteiger partial charge in [-0.05, 0) is 23.8 Å². The molecule has 7 heteroatoms. The molecule has 0 radical (unpaired) electrons. The molecule has 3 aromatic rings. The van der Waals surface area contributed by atoms with Crippen LogP contribution in [0.5, 0.6) is 0 Å². The molecule has 0 N–H and O–H groups in total. The van der Waals surface area contributed by atoms with Crippen LogP contribution in [0.15, 0.2) is 42.6 Å². The van der Waals surface area contributed by atoms with Gasteiger partial charge in [0.1, 0.15) is 0 Å². The largest absolute Gasteiger partial charge is 0.416 e. The van der Waals surface area contributed by atoms with Crippen molar-refractivity contribution >= 4 is 17.2 Å². The topological polar surface area (TPSA) is 30.2 Å². The lowest BCUT2D eigenvalue weighted by atomic mass is 10.1. The maximum Gasteiger partial charge on any atom is 0.416 e. The second kappa shape index (κ2) is 5.04. The van der Waals surface area contributed by atoms with E-state index in [9.17, 15) is 13.2 Å². The quantitative estimate of drug-likeness (QED) is 0.716. The van der Waals surface area contributed by atoms with Gasteiger partial charge < -0.3 is 0 Å². The Morgan fingerprint density at radius 3 is 2.67 bits per heavy atom. The zero-order chi connectivity index (χ0) is 15.0. The average Bonchev–Trinajstić information content (AvgIpc) is 2.82. The van der Waals surface area contributed by atoms with Gasteiger partial charge in [-0.15, -0.1) is 0 Å². The van der Waals surface area contributed by atoms with E-state index in [-0.39, 0.29) is 6.42 Å². The number of benzene rings is 1. The first kappa shape index (κ1) is 13.9. The Labute approximate surface area is 123 Å². The summed E-state index contributed by atoms with van der Waals surface area (Å²) in [6.07, 6.45) is -2.46. The summed E-state index contributed by atoms with van der Waals surface area (Å²) < 4.78 is 39.5. The Morgan fingerprint density at radius 2 is 1.95 bits per heavy atom. The molecule has 3 nitrogen and oxygen atoms in total. The van der Waals surface area contributed by atoms with Crippen LogP contribution in [0.3, 0.4) is 0 Å². The van der Waals surface area contributed by atoms with Gasteiger partial charge in [0.2, 0.25) is 0 Å². The maximum absolute atomic E-state index is 12.7. The standard InChI is InChI=1S/C14H9ClF3N3/c15-11-5-2-6-21-13(11)19-12(20-21)8-9-3-1-4-10(7-9)14(16,17)18/h1-7H,8H2. The van der Waals surface area contributed by atoms with Gasteiger partial charge in [0.05, 0.1) is 10.6 Å². The summed E-state index contributed by atoms with van der Waals surface area (Å²) in [6.45, 7) is 0. The van der Waals surface area contributed by atoms with Crippen molar-refractivity contribution in [3.05, 3.63) is 64.6 Å². The molecule has 0 amide bonds. The third-order valence-electron chi connectivity index (χ3n) is 2.98. The lowest BCUT2D eigenvalue weighted by molar-refractivity contribution is -0.137. The Balaban J connectivity index is 1.93. The van der Waals surface area contributed by atoms with Gasteiger partial charge in [-0.2, -0.15) is 18.3 Å². The van der Waals surface area contributed by atoms with E-state index in [0.717, 1.165) is 12.1 Å². The highest BCUT2D eigenvalue weighted by Crippen LogP contribution is 2.29. The fourth-order valence-corrected chi connectivity index (χ4v) is 2.23. The van der Waals surface area contributed by atoms with E-state index in [2.05, 4.69) is 10.1 Å². The fraction of sp³-hybridized carbons (Fsp3) is 0.143. The first-order valence-electron chi connectivity index (χ1n) is 6.09. The second-order valence-corrected chi connectivity index (χ2v) is 4.93. The van der Waals surface area contributed by atoms with Crippen LogP contribution in [-0.4, -0.2) is 14.6 Å². The van der Waals surface area contributed by atoms with Crippen molar-refractivity contribution in [2.75, 3.05) is 0 Å². The molecule has 0 saturated carbocycles. The minimum absolute atomic E-state index is 0.210. The molecule has 0 unspecified atom stereocenters. The molecule has 0 saturated heterocycles. The molecule has 3 rings (SSSR count). The molecule has 1 aromatic carbocycles. The third kappa shape index (κ3) is 2.85. The Kier molecular flexibility index (Phi) is 3.33. The van der Waals surface area contributed by atoms with Gasteiger partial charge in [0.25, 0.3) is 0 Å². The number of aromatic nitrogens is 3. The van der Waals surface area contributed by atoms with Crippen molar-refractivity contribution in [1.29, 1.82) is 0 Å². The van der Waals surface area contributed by atoms with E-state index < -0.39 is 11.7 Å². The number of nitrogens with zero attached hydrogens (tertiary/aromatic N) is 3. The van der Waals surface area contributed by atoms with Crippen LogP contribution < -0.4 is 0 Å². The van der Waals surface area contributed by atoms with Crippen LogP contribution in [0.25, 0.3) is 5.65 Å². The van der Waals surface area contributed by atoms with Gasteiger partial charge in [-0.1, -0.05) is 29.8 Å². The summed E-state index contributed by atoms with van der Waals surface area (Å²) >= 11 is 5.99. The first-order chi connectivity index (χ1) is 9.93. The highest BCUT2D eigenvalue weighted by Gasteiger charge is 2.30. The van der Waals surface area contributed by atoms with Crippen LogP contribution in [0, 0.1) is 0 Å². The van der Waals surface area contributed by atoms with Crippen molar-refractivity contribution in [1.82, 2.24) is 14.6 Å². The Bertz CT molecular complexity index is 796. The summed E-state index contributed by atoms with van der Waals surface area (Å²) in [5.74, 6) is 0.419. The van der Waals surface area contributed by atoms with E-state index >= 15 is 0 Å². The second-order valence-electron chi connectivity index (χ2n) is 4.53. The summed E-state index contributed by atoms with van der Waals surface area (Å²) in [7, 11) is 0. The van der Waals surface area contributed by atoms with Crippen molar-refractivity contribution in [2.45, 2.75) is 12.6 Å². The van der Waals surface area contributed by atoms with Crippen LogP contribution >= 0.6 is 11.6 Å². The van der Waals surface area contributed by atoms with Crippen molar-refractivity contribution in [3.8, 4) is 0 Å². The highest BCUT2D eigenvalue weighted by molar-refractivity contribution is 6.33. The fourth-order valence-electron chi connectivity index (χ4n) is 2.03. The van der Waals surface area contributed by atoms with Gasteiger partial charge in [-0.25, -0.2) is 9.50 Å². The molecule has 0 atom stereocenters. The molecule has 0 fully saturated rings. The molecule has 0 aliphatic carbocycles. The first-order valence-corrected chi connectivity index (χ1v) is 6.47. The summed E-state index contributed by atoms with van der Waals surface area (Å²) in [5, 5.41) is 4.65. The van der Waals surface area contributed by atoms with E-state index in [4.69, 9.17) is 11.6 Å². The average molecular weight is 312 g/mol. The van der Waals surface area contributed by atoms with Crippen LogP contribution in [0.4, 0.5) is 13.2 Å². The zero-order valence-electron chi connectivity index (χ0n) is 10.6. The molecular formula is C14H9ClF3N3. The third-order valence-corrected chi connectivity index (χ3v) is 3.27. The predicted molar refractivity (Wildman–Crippen MR) is 72.2 cm³/mol. The van der Waals surface area contributed by atoms with Gasteiger partial charge in [0, 0.05) is 12.6 Å². The summed E-state index contributed by atoms with van der Waals surface area (Å²) in [4.78, 5) is 4.24.